The highest BCUT2D eigenvalue weighted by Gasteiger charge is 2.17. The van der Waals surface area contributed by atoms with Crippen LogP contribution < -0.4 is 5.73 Å². The van der Waals surface area contributed by atoms with Crippen molar-refractivity contribution < 1.29 is 0 Å². The van der Waals surface area contributed by atoms with Crippen molar-refractivity contribution in [1.82, 2.24) is 4.98 Å². The molecule has 1 heterocycles. The van der Waals surface area contributed by atoms with Crippen LogP contribution in [0.5, 0.6) is 0 Å². The second-order valence-electron chi connectivity index (χ2n) is 5.51. The summed E-state index contributed by atoms with van der Waals surface area (Å²) in [6.07, 6.45) is 0.877. The first-order chi connectivity index (χ1) is 8.37. The Hall–Kier alpha value is -1.19. The Labute approximate surface area is 113 Å². The van der Waals surface area contributed by atoms with Crippen molar-refractivity contribution in [3.63, 3.8) is 0 Å². The zero-order valence-electron chi connectivity index (χ0n) is 11.4. The van der Waals surface area contributed by atoms with Crippen LogP contribution in [-0.2, 0) is 6.42 Å². The third-order valence-corrected chi connectivity index (χ3v) is 4.08. The number of nitrogens with zero attached hydrogens (tertiary/aromatic N) is 1. The molecule has 0 unspecified atom stereocenters. The summed E-state index contributed by atoms with van der Waals surface area (Å²) < 4.78 is 0. The van der Waals surface area contributed by atoms with E-state index in [4.69, 9.17) is 5.73 Å². The van der Waals surface area contributed by atoms with Gasteiger partial charge < -0.3 is 5.73 Å². The highest BCUT2D eigenvalue weighted by molar-refractivity contribution is 7.15. The maximum Gasteiger partial charge on any atom is 0.124 e. The van der Waals surface area contributed by atoms with Gasteiger partial charge in [-0.15, -0.1) is 11.3 Å². The quantitative estimate of drug-likeness (QED) is 0.913. The lowest BCUT2D eigenvalue weighted by molar-refractivity contribution is 0.519. The number of benzene rings is 1. The van der Waals surface area contributed by atoms with Gasteiger partial charge >= 0.3 is 0 Å². The zero-order chi connectivity index (χ0) is 13.3. The number of nitrogens with two attached hydrogens (primary N) is 1. The van der Waals surface area contributed by atoms with Crippen LogP contribution in [0.25, 0.3) is 10.6 Å². The second-order valence-corrected chi connectivity index (χ2v) is 6.59. The van der Waals surface area contributed by atoms with Gasteiger partial charge in [0.15, 0.2) is 0 Å². The number of rotatable bonds is 3. The van der Waals surface area contributed by atoms with E-state index in [1.807, 2.05) is 0 Å². The molecular weight excluding hydrogens is 240 g/mol. The molecule has 2 nitrogen and oxygen atoms in total. The molecule has 1 aromatic carbocycles. The molecule has 0 radical (unpaired) electrons. The molecule has 0 aliphatic carbocycles. The summed E-state index contributed by atoms with van der Waals surface area (Å²) in [6.45, 7) is 8.30. The summed E-state index contributed by atoms with van der Waals surface area (Å²) in [5.74, 6) is 0. The van der Waals surface area contributed by atoms with Crippen LogP contribution in [0.3, 0.4) is 0 Å². The van der Waals surface area contributed by atoms with E-state index in [1.165, 1.54) is 16.0 Å². The largest absolute Gasteiger partial charge is 0.325 e. The Morgan fingerprint density at radius 2 is 1.89 bits per heavy atom. The van der Waals surface area contributed by atoms with Crippen LogP contribution in [-0.4, -0.2) is 10.5 Å². The molecule has 0 atom stereocenters. The van der Waals surface area contributed by atoms with Gasteiger partial charge in [0, 0.05) is 22.4 Å². The van der Waals surface area contributed by atoms with Crippen molar-refractivity contribution in [2.45, 2.75) is 39.7 Å². The molecule has 0 spiro atoms. The lowest BCUT2D eigenvalue weighted by atomic mass is 10.0. The maximum absolute atomic E-state index is 6.09. The van der Waals surface area contributed by atoms with Crippen LogP contribution in [0.15, 0.2) is 24.3 Å². The third kappa shape index (κ3) is 2.98. The molecule has 0 aliphatic heterocycles. The van der Waals surface area contributed by atoms with Crippen LogP contribution in [0.2, 0.25) is 0 Å². The maximum atomic E-state index is 6.09. The van der Waals surface area contributed by atoms with Gasteiger partial charge in [-0.1, -0.05) is 24.3 Å². The van der Waals surface area contributed by atoms with E-state index in [-0.39, 0.29) is 5.54 Å². The van der Waals surface area contributed by atoms with Gasteiger partial charge in [0.1, 0.15) is 5.01 Å². The SMILES string of the molecule is Cc1ccccc1-c1nc(C)c(CC(C)(C)N)s1. The van der Waals surface area contributed by atoms with Gasteiger partial charge in [-0.2, -0.15) is 0 Å². The molecule has 3 heteroatoms. The van der Waals surface area contributed by atoms with E-state index in [1.54, 1.807) is 11.3 Å². The van der Waals surface area contributed by atoms with Gasteiger partial charge in [-0.3, -0.25) is 0 Å². The first-order valence-corrected chi connectivity index (χ1v) is 7.00. The molecule has 96 valence electrons. The van der Waals surface area contributed by atoms with Crippen molar-refractivity contribution in [2.75, 3.05) is 0 Å². The smallest absolute Gasteiger partial charge is 0.124 e. The predicted molar refractivity (Wildman–Crippen MR) is 79.0 cm³/mol. The molecule has 2 N–H and O–H groups in total. The van der Waals surface area contributed by atoms with E-state index >= 15 is 0 Å². The van der Waals surface area contributed by atoms with E-state index < -0.39 is 0 Å². The molecule has 1 aromatic heterocycles. The highest BCUT2D eigenvalue weighted by Crippen LogP contribution is 2.31. The molecule has 0 bridgehead atoms. The van der Waals surface area contributed by atoms with Gasteiger partial charge in [0.05, 0.1) is 5.69 Å². The predicted octanol–water partition coefficient (Wildman–Crippen LogP) is 3.71. The number of aryl methyl sites for hydroxylation is 2. The second kappa shape index (κ2) is 4.82. The Morgan fingerprint density at radius 3 is 2.50 bits per heavy atom. The molecule has 0 saturated heterocycles. The Morgan fingerprint density at radius 1 is 1.22 bits per heavy atom. The van der Waals surface area contributed by atoms with Gasteiger partial charge in [-0.25, -0.2) is 4.98 Å². The summed E-state index contributed by atoms with van der Waals surface area (Å²) in [6, 6.07) is 8.37. The fourth-order valence-electron chi connectivity index (χ4n) is 1.93. The fraction of sp³-hybridized carbons (Fsp3) is 0.400. The molecule has 2 rings (SSSR count). The topological polar surface area (TPSA) is 38.9 Å². The molecule has 0 amide bonds. The molecule has 0 saturated carbocycles. The minimum Gasteiger partial charge on any atom is -0.325 e. The van der Waals surface area contributed by atoms with E-state index in [9.17, 15) is 0 Å². The number of thiazole rings is 1. The molecule has 0 aliphatic rings. The third-order valence-electron chi connectivity index (χ3n) is 2.88. The molecule has 0 fully saturated rings. The Balaban J connectivity index is 2.38. The molecule has 18 heavy (non-hydrogen) atoms. The molecule has 2 aromatic rings. The molecular formula is C15H20N2S. The van der Waals surface area contributed by atoms with Gasteiger partial charge in [-0.05, 0) is 33.3 Å². The zero-order valence-corrected chi connectivity index (χ0v) is 12.3. The standard InChI is InChI=1S/C15H20N2S/c1-10-7-5-6-8-12(10)14-17-11(2)13(18-14)9-15(3,4)16/h5-8H,9,16H2,1-4H3. The normalized spacial score (nSPS) is 11.8. The highest BCUT2D eigenvalue weighted by atomic mass is 32.1. The van der Waals surface area contributed by atoms with E-state index in [0.717, 1.165) is 17.1 Å². The summed E-state index contributed by atoms with van der Waals surface area (Å²) in [5.41, 5.74) is 9.52. The summed E-state index contributed by atoms with van der Waals surface area (Å²) in [5, 5.41) is 1.10. The number of hydrogen-bond acceptors (Lipinski definition) is 3. The van der Waals surface area contributed by atoms with Crippen molar-refractivity contribution >= 4 is 11.3 Å². The Bertz CT molecular complexity index is 550. The first-order valence-electron chi connectivity index (χ1n) is 6.18. The lowest BCUT2D eigenvalue weighted by Crippen LogP contribution is -2.34. The van der Waals surface area contributed by atoms with Crippen molar-refractivity contribution in [3.05, 3.63) is 40.4 Å². The van der Waals surface area contributed by atoms with Gasteiger partial charge in [0.2, 0.25) is 0 Å². The first kappa shape index (κ1) is 13.2. The summed E-state index contributed by atoms with van der Waals surface area (Å²) >= 11 is 1.76. The number of aromatic nitrogens is 1. The van der Waals surface area contributed by atoms with E-state index in [2.05, 4.69) is 56.9 Å². The van der Waals surface area contributed by atoms with Crippen LogP contribution >= 0.6 is 11.3 Å². The van der Waals surface area contributed by atoms with Gasteiger partial charge in [0.25, 0.3) is 0 Å². The van der Waals surface area contributed by atoms with Crippen molar-refractivity contribution in [2.24, 2.45) is 5.73 Å². The van der Waals surface area contributed by atoms with Crippen LogP contribution in [0.1, 0.15) is 30.0 Å². The lowest BCUT2D eigenvalue weighted by Gasteiger charge is -2.16. The fourth-order valence-corrected chi connectivity index (χ4v) is 3.33. The monoisotopic (exact) mass is 260 g/mol. The van der Waals surface area contributed by atoms with E-state index in [0.29, 0.717) is 0 Å². The van der Waals surface area contributed by atoms with Crippen molar-refractivity contribution in [1.29, 1.82) is 0 Å². The minimum absolute atomic E-state index is 0.180. The average Bonchev–Trinajstić information content (AvgIpc) is 2.58. The average molecular weight is 260 g/mol. The number of hydrogen-bond donors (Lipinski definition) is 1. The van der Waals surface area contributed by atoms with Crippen LogP contribution in [0, 0.1) is 13.8 Å². The summed E-state index contributed by atoms with van der Waals surface area (Å²) in [7, 11) is 0. The minimum atomic E-state index is -0.180. The Kier molecular flexibility index (Phi) is 3.55. The van der Waals surface area contributed by atoms with Crippen molar-refractivity contribution in [3.8, 4) is 10.6 Å². The van der Waals surface area contributed by atoms with Crippen LogP contribution in [0.4, 0.5) is 0 Å². The summed E-state index contributed by atoms with van der Waals surface area (Å²) in [4.78, 5) is 5.98.